The molecule has 0 radical (unpaired) electrons. The molecule has 0 heterocycles. The van der Waals surface area contributed by atoms with Crippen LogP contribution in [0.3, 0.4) is 0 Å². The Hall–Kier alpha value is 0.250. The van der Waals surface area contributed by atoms with Crippen LogP contribution < -0.4 is 5.32 Å². The first-order chi connectivity index (χ1) is 3.43. The van der Waals surface area contributed by atoms with Crippen molar-refractivity contribution >= 4 is 12.4 Å². The molecule has 1 N–H and O–H groups in total. The van der Waals surface area contributed by atoms with E-state index in [1.165, 1.54) is 25.8 Å². The van der Waals surface area contributed by atoms with Crippen molar-refractivity contribution in [3.05, 3.63) is 0 Å². The first kappa shape index (κ1) is 8.25. The summed E-state index contributed by atoms with van der Waals surface area (Å²) in [5.41, 5.74) is 0. The van der Waals surface area contributed by atoms with E-state index in [0.29, 0.717) is 0 Å². The molecule has 0 unspecified atom stereocenters. The van der Waals surface area contributed by atoms with Gasteiger partial charge in [-0.2, -0.15) is 0 Å². The monoisotopic (exact) mass is 135 g/mol. The molecule has 1 saturated carbocycles. The Morgan fingerprint density at radius 1 is 1.50 bits per heavy atom. The van der Waals surface area contributed by atoms with Crippen molar-refractivity contribution in [1.29, 1.82) is 0 Å². The molecule has 1 aliphatic carbocycles. The molecule has 0 spiro atoms. The second-order valence-electron chi connectivity index (χ2n) is 2.35. The van der Waals surface area contributed by atoms with Gasteiger partial charge in [0.1, 0.15) is 0 Å². The van der Waals surface area contributed by atoms with E-state index in [0.717, 1.165) is 5.92 Å². The summed E-state index contributed by atoms with van der Waals surface area (Å²) in [6.07, 6.45) is 4.38. The average molecular weight is 136 g/mol. The first-order valence-corrected chi connectivity index (χ1v) is 3.08. The molecule has 2 heteroatoms. The van der Waals surface area contributed by atoms with Crippen LogP contribution in [0.25, 0.3) is 0 Å². The lowest BCUT2D eigenvalue weighted by atomic mass is 9.86. The van der Waals surface area contributed by atoms with Crippen LogP contribution in [0.2, 0.25) is 0 Å². The fourth-order valence-electron chi connectivity index (χ4n) is 0.986. The fraction of sp³-hybridized carbons (Fsp3) is 1.00. The smallest absolute Gasteiger partial charge is 0.00235 e. The number of hydrogen-bond acceptors (Lipinski definition) is 1. The molecule has 0 saturated heterocycles. The molecule has 50 valence electrons. The third-order valence-electron chi connectivity index (χ3n) is 1.72. The average Bonchev–Trinajstić information content (AvgIpc) is 1.55. The highest BCUT2D eigenvalue weighted by molar-refractivity contribution is 5.85. The van der Waals surface area contributed by atoms with Gasteiger partial charge in [0.2, 0.25) is 0 Å². The lowest BCUT2D eigenvalue weighted by molar-refractivity contribution is 0.309. The lowest BCUT2D eigenvalue weighted by Gasteiger charge is -2.24. The van der Waals surface area contributed by atoms with Crippen LogP contribution >= 0.6 is 12.4 Å². The molecule has 0 aliphatic heterocycles. The van der Waals surface area contributed by atoms with Gasteiger partial charge in [-0.25, -0.2) is 0 Å². The molecule has 1 rings (SSSR count). The second kappa shape index (κ2) is 4.16. The predicted octanol–water partition coefficient (Wildman–Crippen LogP) is 1.43. The first-order valence-electron chi connectivity index (χ1n) is 3.08. The number of halogens is 1. The Kier molecular flexibility index (Phi) is 4.29. The summed E-state index contributed by atoms with van der Waals surface area (Å²) in [6.45, 7) is 1.24. The zero-order valence-corrected chi connectivity index (χ0v) is 6.13. The third-order valence-corrected chi connectivity index (χ3v) is 1.72. The normalized spacial score (nSPS) is 19.1. The molecule has 0 aromatic carbocycles. The van der Waals surface area contributed by atoms with Crippen molar-refractivity contribution in [3.63, 3.8) is 0 Å². The summed E-state index contributed by atoms with van der Waals surface area (Å²) in [7, 11) is 2.03. The van der Waals surface area contributed by atoms with Crippen molar-refractivity contribution in [3.8, 4) is 0 Å². The van der Waals surface area contributed by atoms with Gasteiger partial charge in [-0.15, -0.1) is 12.4 Å². The lowest BCUT2D eigenvalue weighted by Crippen LogP contribution is -2.24. The largest absolute Gasteiger partial charge is 0.319 e. The molecule has 0 atom stereocenters. The van der Waals surface area contributed by atoms with E-state index in [2.05, 4.69) is 5.32 Å². The minimum Gasteiger partial charge on any atom is -0.319 e. The topological polar surface area (TPSA) is 12.0 Å². The van der Waals surface area contributed by atoms with E-state index in [-0.39, 0.29) is 12.4 Å². The van der Waals surface area contributed by atoms with Crippen molar-refractivity contribution in [1.82, 2.24) is 5.32 Å². The molecule has 1 nitrogen and oxygen atoms in total. The predicted molar refractivity (Wildman–Crippen MR) is 38.5 cm³/mol. The standard InChI is InChI=1S/C6H13N.ClH/c1-7-5-6-3-2-4-6;/h6-7H,2-5H2,1H3;1H. The zero-order chi connectivity index (χ0) is 5.11. The van der Waals surface area contributed by atoms with Crippen LogP contribution in [0.1, 0.15) is 19.3 Å². The summed E-state index contributed by atoms with van der Waals surface area (Å²) < 4.78 is 0. The molecular weight excluding hydrogens is 122 g/mol. The van der Waals surface area contributed by atoms with Gasteiger partial charge in [0.15, 0.2) is 0 Å². The molecule has 0 bridgehead atoms. The minimum absolute atomic E-state index is 0. The molecule has 1 fully saturated rings. The van der Waals surface area contributed by atoms with E-state index in [9.17, 15) is 0 Å². The van der Waals surface area contributed by atoms with Gasteiger partial charge < -0.3 is 5.32 Å². The molecule has 8 heavy (non-hydrogen) atoms. The van der Waals surface area contributed by atoms with Crippen molar-refractivity contribution in [2.75, 3.05) is 13.6 Å². The summed E-state index contributed by atoms with van der Waals surface area (Å²) in [6, 6.07) is 0. The highest BCUT2D eigenvalue weighted by atomic mass is 35.5. The molecular formula is C6H14ClN. The van der Waals surface area contributed by atoms with Crippen molar-refractivity contribution in [2.45, 2.75) is 19.3 Å². The number of hydrogen-bond donors (Lipinski definition) is 1. The van der Waals surface area contributed by atoms with E-state index in [4.69, 9.17) is 0 Å². The van der Waals surface area contributed by atoms with Crippen molar-refractivity contribution in [2.24, 2.45) is 5.92 Å². The SMILES string of the molecule is CNCC1CCC1.Cl. The molecule has 1 aliphatic rings. The van der Waals surface area contributed by atoms with Gasteiger partial charge in [-0.05, 0) is 32.4 Å². The Balaban J connectivity index is 0.000000490. The Morgan fingerprint density at radius 3 is 2.25 bits per heavy atom. The van der Waals surface area contributed by atoms with Gasteiger partial charge in [-0.3, -0.25) is 0 Å². The summed E-state index contributed by atoms with van der Waals surface area (Å²) in [4.78, 5) is 0. The van der Waals surface area contributed by atoms with Gasteiger partial charge in [0, 0.05) is 0 Å². The summed E-state index contributed by atoms with van der Waals surface area (Å²) >= 11 is 0. The molecule has 0 aromatic rings. The molecule has 0 amide bonds. The Morgan fingerprint density at radius 2 is 2.12 bits per heavy atom. The maximum Gasteiger partial charge on any atom is -0.00235 e. The van der Waals surface area contributed by atoms with Crippen LogP contribution in [-0.2, 0) is 0 Å². The van der Waals surface area contributed by atoms with Gasteiger partial charge >= 0.3 is 0 Å². The quantitative estimate of drug-likeness (QED) is 0.604. The van der Waals surface area contributed by atoms with Gasteiger partial charge in [0.25, 0.3) is 0 Å². The van der Waals surface area contributed by atoms with Gasteiger partial charge in [-0.1, -0.05) is 6.42 Å². The highest BCUT2D eigenvalue weighted by Crippen LogP contribution is 2.24. The van der Waals surface area contributed by atoms with Crippen LogP contribution in [0.5, 0.6) is 0 Å². The van der Waals surface area contributed by atoms with Crippen molar-refractivity contribution < 1.29 is 0 Å². The van der Waals surface area contributed by atoms with Crippen LogP contribution in [-0.4, -0.2) is 13.6 Å². The van der Waals surface area contributed by atoms with Crippen LogP contribution in [0.15, 0.2) is 0 Å². The van der Waals surface area contributed by atoms with E-state index in [1.54, 1.807) is 0 Å². The maximum atomic E-state index is 3.17. The van der Waals surface area contributed by atoms with Gasteiger partial charge in [0.05, 0.1) is 0 Å². The Bertz CT molecular complexity index is 52.5. The van der Waals surface area contributed by atoms with E-state index in [1.807, 2.05) is 7.05 Å². The van der Waals surface area contributed by atoms with Crippen LogP contribution in [0.4, 0.5) is 0 Å². The van der Waals surface area contributed by atoms with E-state index < -0.39 is 0 Å². The molecule has 0 aromatic heterocycles. The van der Waals surface area contributed by atoms with Crippen LogP contribution in [0, 0.1) is 5.92 Å². The number of rotatable bonds is 2. The maximum absolute atomic E-state index is 3.17. The summed E-state index contributed by atoms with van der Waals surface area (Å²) in [5.74, 6) is 1.02. The van der Waals surface area contributed by atoms with E-state index >= 15 is 0 Å². The zero-order valence-electron chi connectivity index (χ0n) is 5.31. The third kappa shape index (κ3) is 2.01. The minimum atomic E-state index is 0. The fourth-order valence-corrected chi connectivity index (χ4v) is 0.986. The summed E-state index contributed by atoms with van der Waals surface area (Å²) in [5, 5.41) is 3.17. The Labute approximate surface area is 57.3 Å². The highest BCUT2D eigenvalue weighted by Gasteiger charge is 2.14. The number of nitrogens with one attached hydrogen (secondary N) is 1. The second-order valence-corrected chi connectivity index (χ2v) is 2.35.